The highest BCUT2D eigenvalue weighted by atomic mass is 16.4. The van der Waals surface area contributed by atoms with E-state index >= 15 is 0 Å². The number of pyridine rings is 1. The van der Waals surface area contributed by atoms with Crippen molar-refractivity contribution in [3.8, 4) is 0 Å². The minimum absolute atomic E-state index is 0.200. The molecule has 1 amide bonds. The van der Waals surface area contributed by atoms with Gasteiger partial charge in [0.15, 0.2) is 0 Å². The van der Waals surface area contributed by atoms with E-state index in [1.165, 1.54) is 0 Å². The first kappa shape index (κ1) is 11.4. The fourth-order valence-electron chi connectivity index (χ4n) is 1.93. The van der Waals surface area contributed by atoms with Crippen molar-refractivity contribution < 1.29 is 14.7 Å². The molecule has 17 heavy (non-hydrogen) atoms. The Bertz CT molecular complexity index is 421. The maximum atomic E-state index is 11.7. The number of nitrogens with zero attached hydrogens (tertiary/aromatic N) is 2. The third-order valence-electron chi connectivity index (χ3n) is 2.69. The average Bonchev–Trinajstić information content (AvgIpc) is 2.32. The normalized spacial score (nSPS) is 19.9. The van der Waals surface area contributed by atoms with Crippen LogP contribution in [0.2, 0.25) is 0 Å². The van der Waals surface area contributed by atoms with Gasteiger partial charge in [-0.25, -0.2) is 0 Å². The molecule has 2 heterocycles. The van der Waals surface area contributed by atoms with Gasteiger partial charge in [0, 0.05) is 31.2 Å². The van der Waals surface area contributed by atoms with Crippen molar-refractivity contribution in [1.82, 2.24) is 10.3 Å². The van der Waals surface area contributed by atoms with Gasteiger partial charge >= 0.3 is 5.97 Å². The number of piperazine rings is 1. The minimum Gasteiger partial charge on any atom is -0.481 e. The molecule has 1 aliphatic rings. The second kappa shape index (κ2) is 4.82. The summed E-state index contributed by atoms with van der Waals surface area (Å²) in [5, 5.41) is 11.5. The standard InChI is InChI=1S/C11H13N3O3/c15-10(16)7-9-11(17)13-5-6-14(9)8-1-3-12-4-2-8/h1-4,9H,5-7H2,(H,13,17)(H,15,16). The van der Waals surface area contributed by atoms with Crippen molar-refractivity contribution in [3.05, 3.63) is 24.5 Å². The van der Waals surface area contributed by atoms with E-state index in [1.807, 2.05) is 0 Å². The predicted octanol–water partition coefficient (Wildman–Crippen LogP) is -0.139. The summed E-state index contributed by atoms with van der Waals surface area (Å²) in [6.07, 6.45) is 3.05. The molecule has 0 radical (unpaired) electrons. The molecule has 2 rings (SSSR count). The first-order valence-corrected chi connectivity index (χ1v) is 5.34. The van der Waals surface area contributed by atoms with E-state index in [0.717, 1.165) is 5.69 Å². The molecule has 0 bridgehead atoms. The topological polar surface area (TPSA) is 82.5 Å². The maximum Gasteiger partial charge on any atom is 0.305 e. The van der Waals surface area contributed by atoms with Crippen LogP contribution in [0.3, 0.4) is 0 Å². The van der Waals surface area contributed by atoms with Crippen molar-refractivity contribution in [2.45, 2.75) is 12.5 Å². The summed E-state index contributed by atoms with van der Waals surface area (Å²) in [4.78, 5) is 28.2. The van der Waals surface area contributed by atoms with Crippen molar-refractivity contribution in [1.29, 1.82) is 0 Å². The molecule has 6 heteroatoms. The Labute approximate surface area is 98.3 Å². The van der Waals surface area contributed by atoms with Crippen LogP contribution < -0.4 is 10.2 Å². The lowest BCUT2D eigenvalue weighted by atomic mass is 10.1. The molecule has 1 unspecified atom stereocenters. The van der Waals surface area contributed by atoms with Gasteiger partial charge in [-0.15, -0.1) is 0 Å². The molecular weight excluding hydrogens is 222 g/mol. The number of nitrogens with one attached hydrogen (secondary N) is 1. The van der Waals surface area contributed by atoms with Crippen LogP contribution in [0.5, 0.6) is 0 Å². The summed E-state index contributed by atoms with van der Waals surface area (Å²) >= 11 is 0. The number of aliphatic carboxylic acids is 1. The summed E-state index contributed by atoms with van der Waals surface area (Å²) in [7, 11) is 0. The first-order chi connectivity index (χ1) is 8.18. The molecular formula is C11H13N3O3. The quantitative estimate of drug-likeness (QED) is 0.762. The van der Waals surface area contributed by atoms with Crippen molar-refractivity contribution in [2.24, 2.45) is 0 Å². The molecule has 1 saturated heterocycles. The maximum absolute atomic E-state index is 11.7. The van der Waals surface area contributed by atoms with Crippen LogP contribution in [-0.4, -0.2) is 41.1 Å². The van der Waals surface area contributed by atoms with Crippen molar-refractivity contribution in [2.75, 3.05) is 18.0 Å². The number of anilines is 1. The molecule has 1 fully saturated rings. The monoisotopic (exact) mass is 235 g/mol. The van der Waals surface area contributed by atoms with Crippen LogP contribution >= 0.6 is 0 Å². The van der Waals surface area contributed by atoms with Gasteiger partial charge < -0.3 is 15.3 Å². The Balaban J connectivity index is 2.23. The summed E-state index contributed by atoms with van der Waals surface area (Å²) in [5.74, 6) is -1.22. The lowest BCUT2D eigenvalue weighted by molar-refractivity contribution is -0.139. The summed E-state index contributed by atoms with van der Waals surface area (Å²) in [6.45, 7) is 1.13. The predicted molar refractivity (Wildman–Crippen MR) is 60.6 cm³/mol. The van der Waals surface area contributed by atoms with Gasteiger partial charge in [-0.2, -0.15) is 0 Å². The van der Waals surface area contributed by atoms with Crippen LogP contribution in [0.15, 0.2) is 24.5 Å². The molecule has 0 aromatic carbocycles. The van der Waals surface area contributed by atoms with Crippen LogP contribution in [0.25, 0.3) is 0 Å². The Morgan fingerprint density at radius 2 is 2.24 bits per heavy atom. The van der Waals surface area contributed by atoms with E-state index < -0.39 is 12.0 Å². The fraction of sp³-hybridized carbons (Fsp3) is 0.364. The summed E-state index contributed by atoms with van der Waals surface area (Å²) < 4.78 is 0. The second-order valence-electron chi connectivity index (χ2n) is 3.80. The second-order valence-corrected chi connectivity index (χ2v) is 3.80. The van der Waals surface area contributed by atoms with Gasteiger partial charge in [0.1, 0.15) is 6.04 Å². The number of carbonyl (C=O) groups excluding carboxylic acids is 1. The first-order valence-electron chi connectivity index (χ1n) is 5.34. The Kier molecular flexibility index (Phi) is 3.22. The van der Waals surface area contributed by atoms with Gasteiger partial charge in [-0.3, -0.25) is 14.6 Å². The van der Waals surface area contributed by atoms with Crippen LogP contribution in [0.4, 0.5) is 5.69 Å². The summed E-state index contributed by atoms with van der Waals surface area (Å²) in [6, 6.07) is 2.89. The largest absolute Gasteiger partial charge is 0.481 e. The number of amides is 1. The molecule has 0 spiro atoms. The van der Waals surface area contributed by atoms with Crippen molar-refractivity contribution >= 4 is 17.6 Å². The van der Waals surface area contributed by atoms with E-state index in [-0.39, 0.29) is 12.3 Å². The van der Waals surface area contributed by atoms with E-state index in [2.05, 4.69) is 10.3 Å². The van der Waals surface area contributed by atoms with E-state index in [4.69, 9.17) is 5.11 Å². The zero-order valence-electron chi connectivity index (χ0n) is 9.17. The number of rotatable bonds is 3. The van der Waals surface area contributed by atoms with Crippen LogP contribution in [-0.2, 0) is 9.59 Å². The van der Waals surface area contributed by atoms with E-state index in [0.29, 0.717) is 13.1 Å². The van der Waals surface area contributed by atoms with Gasteiger partial charge in [-0.1, -0.05) is 0 Å². The molecule has 2 N–H and O–H groups in total. The highest BCUT2D eigenvalue weighted by molar-refractivity contribution is 5.90. The number of carboxylic acids is 1. The smallest absolute Gasteiger partial charge is 0.305 e. The lowest BCUT2D eigenvalue weighted by Crippen LogP contribution is -2.56. The lowest BCUT2D eigenvalue weighted by Gasteiger charge is -2.35. The molecule has 0 aliphatic carbocycles. The van der Waals surface area contributed by atoms with Crippen molar-refractivity contribution in [3.63, 3.8) is 0 Å². The van der Waals surface area contributed by atoms with Gasteiger partial charge in [0.2, 0.25) is 5.91 Å². The van der Waals surface area contributed by atoms with Crippen LogP contribution in [0.1, 0.15) is 6.42 Å². The fourth-order valence-corrected chi connectivity index (χ4v) is 1.93. The zero-order valence-corrected chi connectivity index (χ0v) is 9.17. The highest BCUT2D eigenvalue weighted by Gasteiger charge is 2.31. The van der Waals surface area contributed by atoms with Gasteiger partial charge in [0.25, 0.3) is 0 Å². The number of carbonyl (C=O) groups is 2. The molecule has 90 valence electrons. The van der Waals surface area contributed by atoms with E-state index in [1.54, 1.807) is 29.4 Å². The Morgan fingerprint density at radius 3 is 2.88 bits per heavy atom. The van der Waals surface area contributed by atoms with Crippen LogP contribution in [0, 0.1) is 0 Å². The SMILES string of the molecule is O=C(O)CC1C(=O)NCCN1c1ccncc1. The summed E-state index contributed by atoms with van der Waals surface area (Å²) in [5.41, 5.74) is 0.820. The highest BCUT2D eigenvalue weighted by Crippen LogP contribution is 2.19. The van der Waals surface area contributed by atoms with Gasteiger partial charge in [0.05, 0.1) is 6.42 Å². The minimum atomic E-state index is -0.980. The third kappa shape index (κ3) is 2.52. The number of hydrogen-bond acceptors (Lipinski definition) is 4. The van der Waals surface area contributed by atoms with E-state index in [9.17, 15) is 9.59 Å². The number of hydrogen-bond donors (Lipinski definition) is 2. The average molecular weight is 235 g/mol. The van der Waals surface area contributed by atoms with Gasteiger partial charge in [-0.05, 0) is 12.1 Å². The number of carboxylic acid groups (broad SMARTS) is 1. The molecule has 1 aromatic rings. The molecule has 6 nitrogen and oxygen atoms in total. The molecule has 1 atom stereocenters. The number of aromatic nitrogens is 1. The zero-order chi connectivity index (χ0) is 12.3. The molecule has 0 saturated carbocycles. The third-order valence-corrected chi connectivity index (χ3v) is 2.69. The Morgan fingerprint density at radius 1 is 1.53 bits per heavy atom. The molecule has 1 aliphatic heterocycles. The Hall–Kier alpha value is -2.11. The molecule has 1 aromatic heterocycles.